The Balaban J connectivity index is 1.68. The molecule has 0 spiro atoms. The van der Waals surface area contributed by atoms with Gasteiger partial charge in [-0.15, -0.1) is 0 Å². The Labute approximate surface area is 191 Å². The summed E-state index contributed by atoms with van der Waals surface area (Å²) < 4.78 is 34.0. The van der Waals surface area contributed by atoms with Crippen molar-refractivity contribution in [3.05, 3.63) is 51.6 Å². The number of hydrogen-bond acceptors (Lipinski definition) is 6. The zero-order valence-electron chi connectivity index (χ0n) is 16.6. The van der Waals surface area contributed by atoms with Crippen LogP contribution in [0.25, 0.3) is 0 Å². The van der Waals surface area contributed by atoms with Crippen molar-refractivity contribution in [2.24, 2.45) is 0 Å². The summed E-state index contributed by atoms with van der Waals surface area (Å²) >= 11 is 2.19. The van der Waals surface area contributed by atoms with Crippen molar-refractivity contribution < 1.29 is 18.3 Å². The monoisotopic (exact) mass is 543 g/mol. The third-order valence-corrected chi connectivity index (χ3v) is 8.39. The number of sulfonamides is 1. The van der Waals surface area contributed by atoms with Crippen LogP contribution in [0, 0.1) is 3.57 Å². The Kier molecular flexibility index (Phi) is 6.83. The molecule has 2 aromatic carbocycles. The van der Waals surface area contributed by atoms with Gasteiger partial charge >= 0.3 is 0 Å². The second-order valence-electron chi connectivity index (χ2n) is 7.46. The highest BCUT2D eigenvalue weighted by atomic mass is 127. The number of benzene rings is 2. The van der Waals surface area contributed by atoms with Crippen LogP contribution in [0.15, 0.2) is 47.4 Å². The highest BCUT2D eigenvalue weighted by Gasteiger charge is 2.28. The van der Waals surface area contributed by atoms with E-state index in [1.54, 1.807) is 12.1 Å². The number of halogens is 1. The number of ether oxygens (including phenoxy) is 1. The number of nitrogens with one attached hydrogen (secondary N) is 1. The number of aliphatic hydroxyl groups is 1. The number of anilines is 2. The second-order valence-corrected chi connectivity index (χ2v) is 10.6. The van der Waals surface area contributed by atoms with Gasteiger partial charge in [0.25, 0.3) is 0 Å². The molecular formula is C21H26IN3O4S. The quantitative estimate of drug-likeness (QED) is 0.431. The molecule has 162 valence electrons. The number of hydrogen-bond donors (Lipinski definition) is 2. The molecule has 0 radical (unpaired) electrons. The first-order valence-electron chi connectivity index (χ1n) is 10.1. The molecule has 0 bridgehead atoms. The highest BCUT2D eigenvalue weighted by Crippen LogP contribution is 2.34. The summed E-state index contributed by atoms with van der Waals surface area (Å²) in [6.45, 7) is 3.35. The molecule has 2 aliphatic rings. The molecule has 1 unspecified atom stereocenters. The van der Waals surface area contributed by atoms with Crippen molar-refractivity contribution in [3.63, 3.8) is 0 Å². The predicted molar refractivity (Wildman–Crippen MR) is 125 cm³/mol. The maximum atomic E-state index is 13.1. The van der Waals surface area contributed by atoms with Gasteiger partial charge in [-0.05, 0) is 59.7 Å². The maximum absolute atomic E-state index is 13.1. The Morgan fingerprint density at radius 1 is 1.03 bits per heavy atom. The van der Waals surface area contributed by atoms with Crippen LogP contribution in [0.4, 0.5) is 11.4 Å². The SMILES string of the molecule is O=S(=O)(c1ccc(N2CCCC2)c(NC(O)c2ccccc2I)c1)N1CCOCC1. The number of rotatable bonds is 6. The van der Waals surface area contributed by atoms with E-state index < -0.39 is 16.3 Å². The fraction of sp³-hybridized carbons (Fsp3) is 0.429. The average Bonchev–Trinajstić information content (AvgIpc) is 3.29. The van der Waals surface area contributed by atoms with Crippen LogP contribution in [0.3, 0.4) is 0 Å². The van der Waals surface area contributed by atoms with Crippen molar-refractivity contribution in [1.29, 1.82) is 0 Å². The van der Waals surface area contributed by atoms with Crippen LogP contribution in [-0.2, 0) is 14.8 Å². The second kappa shape index (κ2) is 9.39. The molecular weight excluding hydrogens is 517 g/mol. The van der Waals surface area contributed by atoms with Crippen molar-refractivity contribution in [1.82, 2.24) is 4.31 Å². The van der Waals surface area contributed by atoms with E-state index in [4.69, 9.17) is 4.74 Å². The predicted octanol–water partition coefficient (Wildman–Crippen LogP) is 3.02. The van der Waals surface area contributed by atoms with Gasteiger partial charge in [-0.25, -0.2) is 8.42 Å². The minimum atomic E-state index is -3.62. The minimum Gasteiger partial charge on any atom is -0.379 e. The lowest BCUT2D eigenvalue weighted by molar-refractivity contribution is 0.0730. The number of morpholine rings is 1. The molecule has 0 saturated carbocycles. The molecule has 2 N–H and O–H groups in total. The molecule has 2 aliphatic heterocycles. The van der Waals surface area contributed by atoms with Gasteiger partial charge in [0, 0.05) is 35.3 Å². The molecule has 2 saturated heterocycles. The van der Waals surface area contributed by atoms with Gasteiger partial charge in [0.2, 0.25) is 10.0 Å². The van der Waals surface area contributed by atoms with Crippen LogP contribution in [-0.4, -0.2) is 57.2 Å². The van der Waals surface area contributed by atoms with E-state index in [0.29, 0.717) is 32.0 Å². The zero-order chi connectivity index (χ0) is 21.1. The lowest BCUT2D eigenvalue weighted by Crippen LogP contribution is -2.40. The fourth-order valence-corrected chi connectivity index (χ4v) is 6.00. The van der Waals surface area contributed by atoms with Crippen LogP contribution in [0.2, 0.25) is 0 Å². The molecule has 0 amide bonds. The summed E-state index contributed by atoms with van der Waals surface area (Å²) in [6, 6.07) is 12.8. The zero-order valence-corrected chi connectivity index (χ0v) is 19.6. The largest absolute Gasteiger partial charge is 0.379 e. The fourth-order valence-electron chi connectivity index (χ4n) is 3.88. The van der Waals surface area contributed by atoms with E-state index in [1.165, 1.54) is 4.31 Å². The molecule has 4 rings (SSSR count). The number of nitrogens with zero attached hydrogens (tertiary/aromatic N) is 2. The van der Waals surface area contributed by atoms with Gasteiger partial charge in [-0.3, -0.25) is 0 Å². The Morgan fingerprint density at radius 3 is 2.43 bits per heavy atom. The smallest absolute Gasteiger partial charge is 0.243 e. The summed E-state index contributed by atoms with van der Waals surface area (Å²) in [5, 5.41) is 14.0. The van der Waals surface area contributed by atoms with Crippen LogP contribution >= 0.6 is 22.6 Å². The molecule has 0 aliphatic carbocycles. The van der Waals surface area contributed by atoms with Gasteiger partial charge in [-0.2, -0.15) is 4.31 Å². The average molecular weight is 543 g/mol. The first-order chi connectivity index (χ1) is 14.5. The van der Waals surface area contributed by atoms with Gasteiger partial charge in [-0.1, -0.05) is 18.2 Å². The van der Waals surface area contributed by atoms with E-state index >= 15 is 0 Å². The normalized spacial score (nSPS) is 19.1. The molecule has 30 heavy (non-hydrogen) atoms. The number of aliphatic hydroxyl groups excluding tert-OH is 1. The van der Waals surface area contributed by atoms with Gasteiger partial charge < -0.3 is 20.1 Å². The van der Waals surface area contributed by atoms with E-state index in [2.05, 4.69) is 32.8 Å². The van der Waals surface area contributed by atoms with Gasteiger partial charge in [0.15, 0.2) is 6.23 Å². The standard InChI is InChI=1S/C21H26IN3O4S/c22-18-6-2-1-5-17(18)21(26)23-19-15-16(7-8-20(19)24-9-3-4-10-24)30(27,28)25-11-13-29-14-12-25/h1-2,5-8,15,21,23,26H,3-4,9-14H2. The van der Waals surface area contributed by atoms with Gasteiger partial charge in [0.1, 0.15) is 0 Å². The maximum Gasteiger partial charge on any atom is 0.243 e. The third kappa shape index (κ3) is 4.59. The summed E-state index contributed by atoms with van der Waals surface area (Å²) in [6.07, 6.45) is 1.26. The summed E-state index contributed by atoms with van der Waals surface area (Å²) in [5.74, 6) is 0. The van der Waals surface area contributed by atoms with Crippen molar-refractivity contribution >= 4 is 44.0 Å². The van der Waals surface area contributed by atoms with Crippen molar-refractivity contribution in [2.75, 3.05) is 49.6 Å². The van der Waals surface area contributed by atoms with Crippen LogP contribution in [0.1, 0.15) is 24.6 Å². The van der Waals surface area contributed by atoms with Crippen LogP contribution < -0.4 is 10.2 Å². The highest BCUT2D eigenvalue weighted by molar-refractivity contribution is 14.1. The van der Waals surface area contributed by atoms with E-state index in [1.807, 2.05) is 30.3 Å². The molecule has 0 aromatic heterocycles. The minimum absolute atomic E-state index is 0.227. The third-order valence-electron chi connectivity index (χ3n) is 5.51. The first-order valence-corrected chi connectivity index (χ1v) is 12.6. The molecule has 9 heteroatoms. The van der Waals surface area contributed by atoms with E-state index in [0.717, 1.165) is 40.8 Å². The molecule has 2 fully saturated rings. The first kappa shape index (κ1) is 21.8. The van der Waals surface area contributed by atoms with Gasteiger partial charge in [0.05, 0.1) is 29.5 Å². The lowest BCUT2D eigenvalue weighted by Gasteiger charge is -2.28. The molecule has 1 atom stereocenters. The Morgan fingerprint density at radius 2 is 1.73 bits per heavy atom. The summed E-state index contributed by atoms with van der Waals surface area (Å²) in [4.78, 5) is 2.46. The topological polar surface area (TPSA) is 82.1 Å². The van der Waals surface area contributed by atoms with Crippen molar-refractivity contribution in [3.8, 4) is 0 Å². The van der Waals surface area contributed by atoms with E-state index in [9.17, 15) is 13.5 Å². The van der Waals surface area contributed by atoms with Crippen molar-refractivity contribution in [2.45, 2.75) is 24.0 Å². The Hall–Kier alpha value is -1.40. The summed E-state index contributed by atoms with van der Waals surface area (Å²) in [5.41, 5.74) is 2.30. The molecule has 2 heterocycles. The van der Waals surface area contributed by atoms with E-state index in [-0.39, 0.29) is 4.90 Å². The summed E-state index contributed by atoms with van der Waals surface area (Å²) in [7, 11) is -3.62. The lowest BCUT2D eigenvalue weighted by atomic mass is 10.2. The Bertz CT molecular complexity index is 989. The molecule has 7 nitrogen and oxygen atoms in total. The van der Waals surface area contributed by atoms with Crippen LogP contribution in [0.5, 0.6) is 0 Å². The molecule has 2 aromatic rings.